The first-order valence-electron chi connectivity index (χ1n) is 11.5. The van der Waals surface area contributed by atoms with Gasteiger partial charge in [-0.3, -0.25) is 0 Å². The first-order valence-corrected chi connectivity index (χ1v) is 12.3. The monoisotopic (exact) mass is 520 g/mol. The van der Waals surface area contributed by atoms with E-state index in [1.807, 2.05) is 78.9 Å². The summed E-state index contributed by atoms with van der Waals surface area (Å²) in [5.41, 5.74) is 3.60. The molecule has 4 aromatic rings. The highest BCUT2D eigenvalue weighted by atomic mass is 35.5. The van der Waals surface area contributed by atoms with Crippen LogP contribution >= 0.6 is 23.2 Å². The predicted octanol–water partition coefficient (Wildman–Crippen LogP) is 7.52. The average molecular weight is 521 g/mol. The molecular formula is C29H26Cl2N2O3. The van der Waals surface area contributed by atoms with Crippen LogP contribution < -0.4 is 20.1 Å². The summed E-state index contributed by atoms with van der Waals surface area (Å²) in [5.74, 6) is 1.32. The maximum absolute atomic E-state index is 12.3. The lowest BCUT2D eigenvalue weighted by molar-refractivity contribution is 0.252. The van der Waals surface area contributed by atoms with Crippen LogP contribution in [0.5, 0.6) is 11.5 Å². The number of carbonyl (C=O) groups excluding carboxylic acids is 1. The minimum Gasteiger partial charge on any atom is -0.485 e. The van der Waals surface area contributed by atoms with Crippen molar-refractivity contribution in [1.82, 2.24) is 5.32 Å². The van der Waals surface area contributed by atoms with Gasteiger partial charge >= 0.3 is 6.03 Å². The van der Waals surface area contributed by atoms with Gasteiger partial charge in [0.25, 0.3) is 0 Å². The topological polar surface area (TPSA) is 59.6 Å². The Balaban J connectivity index is 1.38. The third-order valence-electron chi connectivity index (χ3n) is 5.38. The molecule has 0 heterocycles. The molecule has 7 heteroatoms. The smallest absolute Gasteiger partial charge is 0.319 e. The van der Waals surface area contributed by atoms with Crippen molar-refractivity contribution in [2.24, 2.45) is 0 Å². The Morgan fingerprint density at radius 1 is 0.694 bits per heavy atom. The quantitative estimate of drug-likeness (QED) is 0.227. The number of benzene rings is 4. The SMILES string of the molecule is O=C(NCCc1ccc(OCc2ccccc2)c(OCc2ccccc2)c1)Nc1cccc(Cl)c1Cl. The number of amides is 2. The van der Waals surface area contributed by atoms with Crippen molar-refractivity contribution in [2.75, 3.05) is 11.9 Å². The molecule has 0 spiro atoms. The highest BCUT2D eigenvalue weighted by Gasteiger charge is 2.10. The lowest BCUT2D eigenvalue weighted by Gasteiger charge is -2.15. The van der Waals surface area contributed by atoms with E-state index in [9.17, 15) is 4.79 Å². The molecule has 0 aliphatic rings. The number of rotatable bonds is 10. The summed E-state index contributed by atoms with van der Waals surface area (Å²) in [4.78, 5) is 12.3. The second-order valence-corrected chi connectivity index (χ2v) is 8.85. The van der Waals surface area contributed by atoms with Crippen molar-refractivity contribution < 1.29 is 14.3 Å². The second-order valence-electron chi connectivity index (χ2n) is 8.06. The largest absolute Gasteiger partial charge is 0.485 e. The van der Waals surface area contributed by atoms with E-state index in [4.69, 9.17) is 32.7 Å². The number of anilines is 1. The number of ether oxygens (including phenoxy) is 2. The van der Waals surface area contributed by atoms with E-state index in [-0.39, 0.29) is 6.03 Å². The molecule has 0 aromatic heterocycles. The maximum atomic E-state index is 12.3. The van der Waals surface area contributed by atoms with Gasteiger partial charge in [0.05, 0.1) is 15.7 Å². The fourth-order valence-corrected chi connectivity index (χ4v) is 3.85. The van der Waals surface area contributed by atoms with Gasteiger partial charge in [-0.2, -0.15) is 0 Å². The van der Waals surface area contributed by atoms with E-state index >= 15 is 0 Å². The van der Waals surface area contributed by atoms with Crippen molar-refractivity contribution in [2.45, 2.75) is 19.6 Å². The number of carbonyl (C=O) groups is 1. The van der Waals surface area contributed by atoms with Crippen molar-refractivity contribution in [3.8, 4) is 11.5 Å². The maximum Gasteiger partial charge on any atom is 0.319 e. The summed E-state index contributed by atoms with van der Waals surface area (Å²) < 4.78 is 12.2. The van der Waals surface area contributed by atoms with Crippen LogP contribution in [0.1, 0.15) is 16.7 Å². The van der Waals surface area contributed by atoms with Crippen LogP contribution in [0.4, 0.5) is 10.5 Å². The Morgan fingerprint density at radius 3 is 2.00 bits per heavy atom. The fraction of sp³-hybridized carbons (Fsp3) is 0.138. The Bertz CT molecular complexity index is 1280. The zero-order chi connectivity index (χ0) is 25.2. The molecule has 5 nitrogen and oxygen atoms in total. The molecule has 0 saturated heterocycles. The van der Waals surface area contributed by atoms with E-state index in [2.05, 4.69) is 10.6 Å². The minimum atomic E-state index is -0.359. The Labute approximate surface area is 221 Å². The van der Waals surface area contributed by atoms with Crippen molar-refractivity contribution >= 4 is 34.9 Å². The summed E-state index contributed by atoms with van der Waals surface area (Å²) in [6, 6.07) is 30.5. The van der Waals surface area contributed by atoms with Gasteiger partial charge in [-0.05, 0) is 47.4 Å². The number of urea groups is 1. The van der Waals surface area contributed by atoms with Crippen molar-refractivity contribution in [3.63, 3.8) is 0 Å². The molecule has 0 aliphatic heterocycles. The Hall–Kier alpha value is -3.67. The first-order chi connectivity index (χ1) is 17.6. The van der Waals surface area contributed by atoms with Crippen LogP contribution in [-0.4, -0.2) is 12.6 Å². The molecule has 4 rings (SSSR count). The van der Waals surface area contributed by atoms with E-state index in [1.54, 1.807) is 18.2 Å². The molecule has 0 atom stereocenters. The molecule has 36 heavy (non-hydrogen) atoms. The molecule has 0 bridgehead atoms. The summed E-state index contributed by atoms with van der Waals surface area (Å²) in [6.45, 7) is 1.29. The second kappa shape index (κ2) is 12.9. The molecule has 0 aliphatic carbocycles. The van der Waals surface area contributed by atoms with Gasteiger partial charge in [-0.1, -0.05) is 96.0 Å². The van der Waals surface area contributed by atoms with Gasteiger partial charge < -0.3 is 20.1 Å². The molecule has 4 aromatic carbocycles. The number of halogens is 2. The van der Waals surface area contributed by atoms with Crippen LogP contribution in [0.3, 0.4) is 0 Å². The molecule has 2 N–H and O–H groups in total. The highest BCUT2D eigenvalue weighted by Crippen LogP contribution is 2.31. The van der Waals surface area contributed by atoms with Gasteiger partial charge in [0.15, 0.2) is 11.5 Å². The number of hydrogen-bond donors (Lipinski definition) is 2. The fourth-order valence-electron chi connectivity index (χ4n) is 3.50. The molecule has 0 radical (unpaired) electrons. The third-order valence-corrected chi connectivity index (χ3v) is 6.20. The predicted molar refractivity (Wildman–Crippen MR) is 145 cm³/mol. The lowest BCUT2D eigenvalue weighted by Crippen LogP contribution is -2.30. The molecule has 184 valence electrons. The average Bonchev–Trinajstić information content (AvgIpc) is 2.90. The summed E-state index contributed by atoms with van der Waals surface area (Å²) >= 11 is 12.1. The van der Waals surface area contributed by atoms with Crippen LogP contribution in [-0.2, 0) is 19.6 Å². The summed E-state index contributed by atoms with van der Waals surface area (Å²) in [5, 5.41) is 6.25. The van der Waals surface area contributed by atoms with Gasteiger partial charge in [-0.15, -0.1) is 0 Å². The van der Waals surface area contributed by atoms with Crippen LogP contribution in [0, 0.1) is 0 Å². The minimum absolute atomic E-state index is 0.306. The molecule has 2 amide bonds. The zero-order valence-corrected chi connectivity index (χ0v) is 21.1. The Morgan fingerprint density at radius 2 is 1.33 bits per heavy atom. The number of hydrogen-bond acceptors (Lipinski definition) is 3. The van der Waals surface area contributed by atoms with E-state index in [0.29, 0.717) is 53.4 Å². The van der Waals surface area contributed by atoms with Crippen molar-refractivity contribution in [3.05, 3.63) is 124 Å². The normalized spacial score (nSPS) is 10.5. The zero-order valence-electron chi connectivity index (χ0n) is 19.5. The lowest BCUT2D eigenvalue weighted by atomic mass is 10.1. The standard InChI is InChI=1S/C29H26Cl2N2O3/c30-24-12-7-13-25(28(24)31)33-29(34)32-17-16-21-14-15-26(35-19-22-8-3-1-4-9-22)27(18-21)36-20-23-10-5-2-6-11-23/h1-15,18H,16-17,19-20H2,(H2,32,33,34). The highest BCUT2D eigenvalue weighted by molar-refractivity contribution is 6.43. The van der Waals surface area contributed by atoms with E-state index in [0.717, 1.165) is 16.7 Å². The number of nitrogens with one attached hydrogen (secondary N) is 2. The molecule has 0 saturated carbocycles. The van der Waals surface area contributed by atoms with Gasteiger partial charge in [0, 0.05) is 6.54 Å². The van der Waals surface area contributed by atoms with Crippen molar-refractivity contribution in [1.29, 1.82) is 0 Å². The molecule has 0 fully saturated rings. The van der Waals surface area contributed by atoms with Gasteiger partial charge in [-0.25, -0.2) is 4.79 Å². The molecule has 0 unspecified atom stereocenters. The van der Waals surface area contributed by atoms with Gasteiger partial charge in [0.2, 0.25) is 0 Å². The van der Waals surface area contributed by atoms with Crippen LogP contribution in [0.15, 0.2) is 97.1 Å². The first kappa shape index (κ1) is 25.4. The van der Waals surface area contributed by atoms with E-state index < -0.39 is 0 Å². The van der Waals surface area contributed by atoms with Crippen LogP contribution in [0.25, 0.3) is 0 Å². The summed E-state index contributed by atoms with van der Waals surface area (Å²) in [7, 11) is 0. The Kier molecular flexibility index (Phi) is 9.09. The van der Waals surface area contributed by atoms with Gasteiger partial charge in [0.1, 0.15) is 13.2 Å². The summed E-state index contributed by atoms with van der Waals surface area (Å²) in [6.07, 6.45) is 0.608. The molecular weight excluding hydrogens is 495 g/mol. The van der Waals surface area contributed by atoms with Crippen LogP contribution in [0.2, 0.25) is 10.0 Å². The van der Waals surface area contributed by atoms with E-state index in [1.165, 1.54) is 0 Å². The third kappa shape index (κ3) is 7.41.